The Balaban J connectivity index is 1.95. The van der Waals surface area contributed by atoms with E-state index in [9.17, 15) is 4.79 Å². The normalized spacial score (nSPS) is 10.8. The molecule has 0 fully saturated rings. The molecular formula is C20H20N2O2. The minimum absolute atomic E-state index is 0.210. The van der Waals surface area contributed by atoms with Gasteiger partial charge in [-0.3, -0.25) is 4.79 Å². The lowest BCUT2D eigenvalue weighted by molar-refractivity contribution is 0.0957. The van der Waals surface area contributed by atoms with Crippen molar-refractivity contribution in [3.8, 4) is 11.1 Å². The first-order valence-corrected chi connectivity index (χ1v) is 7.97. The average Bonchev–Trinajstić information content (AvgIpc) is 3.11. The molecule has 0 aliphatic carbocycles. The van der Waals surface area contributed by atoms with Gasteiger partial charge in [0.1, 0.15) is 0 Å². The molecular weight excluding hydrogens is 300 g/mol. The third kappa shape index (κ3) is 3.08. The van der Waals surface area contributed by atoms with Gasteiger partial charge < -0.3 is 9.42 Å². The standard InChI is InChI=1S/C20H20N2O2/c1-14(2)17-13-19(24-21-17)20(23)22(3)18-12-8-7-11-16(18)15-9-5-4-6-10-15/h4-14H,1-3H3. The van der Waals surface area contributed by atoms with Crippen molar-refractivity contribution in [2.45, 2.75) is 19.8 Å². The second-order valence-corrected chi connectivity index (χ2v) is 6.02. The highest BCUT2D eigenvalue weighted by molar-refractivity contribution is 6.06. The van der Waals surface area contributed by atoms with Crippen molar-refractivity contribution in [2.24, 2.45) is 0 Å². The first-order chi connectivity index (χ1) is 11.6. The number of anilines is 1. The van der Waals surface area contributed by atoms with Crippen LogP contribution in [0.25, 0.3) is 11.1 Å². The predicted molar refractivity (Wildman–Crippen MR) is 95.2 cm³/mol. The minimum atomic E-state index is -0.210. The molecule has 0 bridgehead atoms. The Labute approximate surface area is 141 Å². The summed E-state index contributed by atoms with van der Waals surface area (Å²) in [7, 11) is 1.75. The first-order valence-electron chi connectivity index (χ1n) is 7.97. The van der Waals surface area contributed by atoms with Gasteiger partial charge in [0.05, 0.1) is 11.4 Å². The number of aromatic nitrogens is 1. The van der Waals surface area contributed by atoms with Gasteiger partial charge >= 0.3 is 0 Å². The lowest BCUT2D eigenvalue weighted by Crippen LogP contribution is -2.26. The summed E-state index contributed by atoms with van der Waals surface area (Å²) in [5.74, 6) is 0.263. The van der Waals surface area contributed by atoms with Crippen molar-refractivity contribution < 1.29 is 9.32 Å². The van der Waals surface area contributed by atoms with E-state index in [4.69, 9.17) is 4.52 Å². The molecule has 122 valence electrons. The average molecular weight is 320 g/mol. The van der Waals surface area contributed by atoms with Crippen LogP contribution in [0.1, 0.15) is 36.0 Å². The Bertz CT molecular complexity index is 838. The molecule has 0 N–H and O–H groups in total. The van der Waals surface area contributed by atoms with E-state index in [0.717, 1.165) is 22.5 Å². The fourth-order valence-corrected chi connectivity index (χ4v) is 2.56. The lowest BCUT2D eigenvalue weighted by Gasteiger charge is -2.19. The number of hydrogen-bond acceptors (Lipinski definition) is 3. The number of rotatable bonds is 4. The summed E-state index contributed by atoms with van der Waals surface area (Å²) < 4.78 is 5.23. The summed E-state index contributed by atoms with van der Waals surface area (Å²) in [6.07, 6.45) is 0. The van der Waals surface area contributed by atoms with Crippen LogP contribution in [0, 0.1) is 0 Å². The second-order valence-electron chi connectivity index (χ2n) is 6.02. The fraction of sp³-hybridized carbons (Fsp3) is 0.200. The third-order valence-corrected chi connectivity index (χ3v) is 3.99. The molecule has 0 aliphatic heterocycles. The van der Waals surface area contributed by atoms with Crippen molar-refractivity contribution in [3.05, 3.63) is 72.1 Å². The van der Waals surface area contributed by atoms with Crippen LogP contribution < -0.4 is 4.90 Å². The van der Waals surface area contributed by atoms with Gasteiger partial charge in [0.2, 0.25) is 5.76 Å². The molecule has 3 rings (SSSR count). The number of carbonyl (C=O) groups excluding carboxylic acids is 1. The Morgan fingerprint density at radius 1 is 1.04 bits per heavy atom. The van der Waals surface area contributed by atoms with Crippen LogP contribution in [0.4, 0.5) is 5.69 Å². The maximum Gasteiger partial charge on any atom is 0.296 e. The fourth-order valence-electron chi connectivity index (χ4n) is 2.56. The van der Waals surface area contributed by atoms with Crippen LogP contribution in [-0.2, 0) is 0 Å². The van der Waals surface area contributed by atoms with Crippen LogP contribution in [-0.4, -0.2) is 18.1 Å². The summed E-state index contributed by atoms with van der Waals surface area (Å²) in [6, 6.07) is 19.6. The number of para-hydroxylation sites is 1. The zero-order valence-corrected chi connectivity index (χ0v) is 14.1. The van der Waals surface area contributed by atoms with Crippen LogP contribution in [0.15, 0.2) is 65.2 Å². The van der Waals surface area contributed by atoms with Gasteiger partial charge in [-0.2, -0.15) is 0 Å². The summed E-state index contributed by atoms with van der Waals surface area (Å²) >= 11 is 0. The van der Waals surface area contributed by atoms with Crippen LogP contribution in [0.3, 0.4) is 0 Å². The number of nitrogens with zero attached hydrogens (tertiary/aromatic N) is 2. The van der Waals surface area contributed by atoms with Crippen LogP contribution in [0.2, 0.25) is 0 Å². The smallest absolute Gasteiger partial charge is 0.296 e. The van der Waals surface area contributed by atoms with Gasteiger partial charge in [0.25, 0.3) is 5.91 Å². The molecule has 1 aromatic heterocycles. The molecule has 0 spiro atoms. The highest BCUT2D eigenvalue weighted by atomic mass is 16.5. The molecule has 0 saturated heterocycles. The molecule has 1 amide bonds. The van der Waals surface area contributed by atoms with E-state index in [-0.39, 0.29) is 17.6 Å². The SMILES string of the molecule is CC(C)c1cc(C(=O)N(C)c2ccccc2-c2ccccc2)on1. The predicted octanol–water partition coefficient (Wildman–Crippen LogP) is 4.74. The monoisotopic (exact) mass is 320 g/mol. The van der Waals surface area contributed by atoms with E-state index in [1.54, 1.807) is 18.0 Å². The molecule has 4 heteroatoms. The molecule has 1 heterocycles. The third-order valence-electron chi connectivity index (χ3n) is 3.99. The highest BCUT2D eigenvalue weighted by Gasteiger charge is 2.21. The second kappa shape index (κ2) is 6.71. The first kappa shape index (κ1) is 16.0. The van der Waals surface area contributed by atoms with Gasteiger partial charge in [0, 0.05) is 18.7 Å². The van der Waals surface area contributed by atoms with E-state index in [0.29, 0.717) is 0 Å². The van der Waals surface area contributed by atoms with Gasteiger partial charge in [0.15, 0.2) is 0 Å². The molecule has 3 aromatic rings. The topological polar surface area (TPSA) is 46.3 Å². The molecule has 0 atom stereocenters. The Kier molecular flexibility index (Phi) is 4.47. The molecule has 0 unspecified atom stereocenters. The number of carbonyl (C=O) groups is 1. The van der Waals surface area contributed by atoms with E-state index in [1.165, 1.54) is 0 Å². The van der Waals surface area contributed by atoms with E-state index in [1.807, 2.05) is 68.4 Å². The Morgan fingerprint density at radius 3 is 2.38 bits per heavy atom. The van der Waals surface area contributed by atoms with Crippen LogP contribution >= 0.6 is 0 Å². The highest BCUT2D eigenvalue weighted by Crippen LogP contribution is 2.31. The molecule has 24 heavy (non-hydrogen) atoms. The molecule has 0 aliphatic rings. The van der Waals surface area contributed by atoms with Crippen molar-refractivity contribution in [1.29, 1.82) is 0 Å². The van der Waals surface area contributed by atoms with Gasteiger partial charge in [-0.25, -0.2) is 0 Å². The maximum atomic E-state index is 12.8. The largest absolute Gasteiger partial charge is 0.351 e. The molecule has 0 saturated carbocycles. The van der Waals surface area contributed by atoms with E-state index >= 15 is 0 Å². The summed E-state index contributed by atoms with van der Waals surface area (Å²) in [5, 5.41) is 3.97. The quantitative estimate of drug-likeness (QED) is 0.697. The number of hydrogen-bond donors (Lipinski definition) is 0. The zero-order chi connectivity index (χ0) is 17.1. The van der Waals surface area contributed by atoms with Crippen molar-refractivity contribution >= 4 is 11.6 Å². The van der Waals surface area contributed by atoms with Crippen LogP contribution in [0.5, 0.6) is 0 Å². The van der Waals surface area contributed by atoms with Crippen molar-refractivity contribution in [1.82, 2.24) is 5.16 Å². The minimum Gasteiger partial charge on any atom is -0.351 e. The van der Waals surface area contributed by atoms with Crippen molar-refractivity contribution in [3.63, 3.8) is 0 Å². The zero-order valence-electron chi connectivity index (χ0n) is 14.1. The molecule has 0 radical (unpaired) electrons. The van der Waals surface area contributed by atoms with E-state index < -0.39 is 0 Å². The number of amides is 1. The van der Waals surface area contributed by atoms with Crippen molar-refractivity contribution in [2.75, 3.05) is 11.9 Å². The summed E-state index contributed by atoms with van der Waals surface area (Å²) in [4.78, 5) is 14.4. The molecule has 4 nitrogen and oxygen atoms in total. The van der Waals surface area contributed by atoms with Gasteiger partial charge in [-0.05, 0) is 17.5 Å². The van der Waals surface area contributed by atoms with Gasteiger partial charge in [-0.1, -0.05) is 67.5 Å². The van der Waals surface area contributed by atoms with E-state index in [2.05, 4.69) is 5.16 Å². The number of benzene rings is 2. The maximum absolute atomic E-state index is 12.8. The lowest BCUT2D eigenvalue weighted by atomic mass is 10.0. The Hall–Kier alpha value is -2.88. The van der Waals surface area contributed by atoms with Gasteiger partial charge in [-0.15, -0.1) is 0 Å². The Morgan fingerprint density at radius 2 is 1.71 bits per heavy atom. The summed E-state index contributed by atoms with van der Waals surface area (Å²) in [6.45, 7) is 4.03. The molecule has 2 aromatic carbocycles. The summed E-state index contributed by atoms with van der Waals surface area (Å²) in [5.41, 5.74) is 3.67.